The van der Waals surface area contributed by atoms with Crippen LogP contribution in [0.25, 0.3) is 0 Å². The SMILES string of the molecule is CC1Oc2ccc(NC(=O)c3ccc(Br)o3)cc2N(CCCOc2ccccc2)C1=O. The van der Waals surface area contributed by atoms with Crippen LogP contribution in [-0.2, 0) is 4.79 Å². The van der Waals surface area contributed by atoms with Crippen molar-refractivity contribution in [1.82, 2.24) is 0 Å². The Labute approximate surface area is 188 Å². The number of halogens is 1. The second-order valence-corrected chi connectivity index (χ2v) is 7.79. The zero-order chi connectivity index (χ0) is 21.8. The normalized spacial score (nSPS) is 15.2. The Morgan fingerprint density at radius 3 is 2.71 bits per heavy atom. The highest BCUT2D eigenvalue weighted by Gasteiger charge is 2.31. The first-order valence-corrected chi connectivity index (χ1v) is 10.7. The first-order chi connectivity index (χ1) is 15.0. The smallest absolute Gasteiger partial charge is 0.291 e. The number of amides is 2. The van der Waals surface area contributed by atoms with Crippen LogP contribution in [0.15, 0.2) is 69.8 Å². The third-order valence-corrected chi connectivity index (χ3v) is 5.19. The van der Waals surface area contributed by atoms with Gasteiger partial charge in [-0.2, -0.15) is 0 Å². The van der Waals surface area contributed by atoms with Crippen LogP contribution in [0.5, 0.6) is 11.5 Å². The second kappa shape index (κ2) is 9.26. The molecule has 31 heavy (non-hydrogen) atoms. The number of fused-ring (bicyclic) bond motifs is 1. The average molecular weight is 485 g/mol. The molecule has 0 spiro atoms. The molecule has 4 rings (SSSR count). The molecule has 1 aromatic heterocycles. The predicted molar refractivity (Wildman–Crippen MR) is 120 cm³/mol. The van der Waals surface area contributed by atoms with E-state index in [1.54, 1.807) is 42.2 Å². The Hall–Kier alpha value is -3.26. The van der Waals surface area contributed by atoms with Crippen molar-refractivity contribution in [3.8, 4) is 11.5 Å². The molecule has 3 aromatic rings. The summed E-state index contributed by atoms with van der Waals surface area (Å²) in [5.74, 6) is 1.05. The van der Waals surface area contributed by atoms with E-state index in [1.807, 2.05) is 30.3 Å². The lowest BCUT2D eigenvalue weighted by atomic mass is 10.1. The van der Waals surface area contributed by atoms with Crippen molar-refractivity contribution in [3.63, 3.8) is 0 Å². The average Bonchev–Trinajstić information content (AvgIpc) is 3.21. The summed E-state index contributed by atoms with van der Waals surface area (Å²) >= 11 is 3.18. The molecule has 0 saturated carbocycles. The fourth-order valence-electron chi connectivity index (χ4n) is 3.27. The van der Waals surface area contributed by atoms with Gasteiger partial charge >= 0.3 is 0 Å². The van der Waals surface area contributed by atoms with Gasteiger partial charge in [-0.05, 0) is 71.7 Å². The molecule has 7 nitrogen and oxygen atoms in total. The summed E-state index contributed by atoms with van der Waals surface area (Å²) in [5, 5.41) is 2.79. The van der Waals surface area contributed by atoms with E-state index in [1.165, 1.54) is 0 Å². The number of carbonyl (C=O) groups excluding carboxylic acids is 2. The molecule has 0 aliphatic carbocycles. The van der Waals surface area contributed by atoms with Gasteiger partial charge in [0.25, 0.3) is 11.8 Å². The van der Waals surface area contributed by atoms with Gasteiger partial charge in [0.1, 0.15) is 11.5 Å². The summed E-state index contributed by atoms with van der Waals surface area (Å²) in [6.45, 7) is 2.67. The van der Waals surface area contributed by atoms with Gasteiger partial charge < -0.3 is 24.1 Å². The third kappa shape index (κ3) is 4.91. The van der Waals surface area contributed by atoms with Gasteiger partial charge in [-0.1, -0.05) is 18.2 Å². The highest BCUT2D eigenvalue weighted by atomic mass is 79.9. The number of nitrogens with one attached hydrogen (secondary N) is 1. The molecule has 0 saturated heterocycles. The summed E-state index contributed by atoms with van der Waals surface area (Å²) in [4.78, 5) is 26.8. The standard InChI is InChI=1S/C23H21BrN2O5/c1-15-23(28)26(12-5-13-29-17-6-3-2-4-7-17)18-14-16(8-9-19(18)30-15)25-22(27)20-10-11-21(24)31-20/h2-4,6-11,14-15H,5,12-13H2,1H3,(H,25,27). The van der Waals surface area contributed by atoms with Crippen molar-refractivity contribution in [2.24, 2.45) is 0 Å². The number of nitrogens with zero attached hydrogens (tertiary/aromatic N) is 1. The van der Waals surface area contributed by atoms with Crippen LogP contribution in [0.1, 0.15) is 23.9 Å². The zero-order valence-electron chi connectivity index (χ0n) is 16.8. The number of para-hydroxylation sites is 1. The minimum atomic E-state index is -0.580. The number of ether oxygens (including phenoxy) is 2. The minimum Gasteiger partial charge on any atom is -0.494 e. The molecule has 1 N–H and O–H groups in total. The van der Waals surface area contributed by atoms with E-state index >= 15 is 0 Å². The van der Waals surface area contributed by atoms with Crippen LogP contribution in [0.4, 0.5) is 11.4 Å². The lowest BCUT2D eigenvalue weighted by molar-refractivity contribution is -0.125. The summed E-state index contributed by atoms with van der Waals surface area (Å²) in [6.07, 6.45) is 0.0625. The van der Waals surface area contributed by atoms with Crippen LogP contribution in [0.2, 0.25) is 0 Å². The molecule has 2 aromatic carbocycles. The first-order valence-electron chi connectivity index (χ1n) is 9.88. The van der Waals surface area contributed by atoms with E-state index in [2.05, 4.69) is 21.2 Å². The van der Waals surface area contributed by atoms with Crippen LogP contribution >= 0.6 is 15.9 Å². The van der Waals surface area contributed by atoms with Gasteiger partial charge in [0.15, 0.2) is 16.5 Å². The van der Waals surface area contributed by atoms with E-state index in [0.29, 0.717) is 41.4 Å². The number of carbonyl (C=O) groups is 2. The number of furan rings is 1. The van der Waals surface area contributed by atoms with Crippen molar-refractivity contribution >= 4 is 39.1 Å². The summed E-state index contributed by atoms with van der Waals surface area (Å²) < 4.78 is 17.2. The molecule has 1 aliphatic heterocycles. The largest absolute Gasteiger partial charge is 0.494 e. The summed E-state index contributed by atoms with van der Waals surface area (Å²) in [6, 6.07) is 18.0. The fourth-order valence-corrected chi connectivity index (χ4v) is 3.58. The molecular formula is C23H21BrN2O5. The molecule has 2 amide bonds. The van der Waals surface area contributed by atoms with E-state index in [4.69, 9.17) is 13.9 Å². The maximum absolute atomic E-state index is 12.8. The van der Waals surface area contributed by atoms with Crippen molar-refractivity contribution in [2.45, 2.75) is 19.4 Å². The van der Waals surface area contributed by atoms with Crippen LogP contribution in [0, 0.1) is 0 Å². The lowest BCUT2D eigenvalue weighted by Crippen LogP contribution is -2.45. The Kier molecular flexibility index (Phi) is 6.27. The maximum atomic E-state index is 12.8. The van der Waals surface area contributed by atoms with Crippen LogP contribution in [0.3, 0.4) is 0 Å². The zero-order valence-corrected chi connectivity index (χ0v) is 18.4. The van der Waals surface area contributed by atoms with Gasteiger partial charge in [-0.25, -0.2) is 0 Å². The van der Waals surface area contributed by atoms with E-state index in [0.717, 1.165) is 5.75 Å². The monoisotopic (exact) mass is 484 g/mol. The van der Waals surface area contributed by atoms with Crippen molar-refractivity contribution in [2.75, 3.05) is 23.4 Å². The summed E-state index contributed by atoms with van der Waals surface area (Å²) in [7, 11) is 0. The Morgan fingerprint density at radius 2 is 1.97 bits per heavy atom. The lowest BCUT2D eigenvalue weighted by Gasteiger charge is -2.33. The molecule has 2 heterocycles. The molecule has 0 bridgehead atoms. The predicted octanol–water partition coefficient (Wildman–Crippen LogP) is 4.88. The van der Waals surface area contributed by atoms with Crippen LogP contribution < -0.4 is 19.7 Å². The van der Waals surface area contributed by atoms with Gasteiger partial charge in [0.2, 0.25) is 0 Å². The molecule has 1 unspecified atom stereocenters. The second-order valence-electron chi connectivity index (χ2n) is 7.01. The van der Waals surface area contributed by atoms with Gasteiger partial charge in [0, 0.05) is 12.2 Å². The van der Waals surface area contributed by atoms with Gasteiger partial charge in [-0.3, -0.25) is 9.59 Å². The van der Waals surface area contributed by atoms with E-state index < -0.39 is 6.10 Å². The number of benzene rings is 2. The molecule has 1 atom stereocenters. The number of hydrogen-bond donors (Lipinski definition) is 1. The van der Waals surface area contributed by atoms with Crippen molar-refractivity contribution in [1.29, 1.82) is 0 Å². The number of anilines is 2. The first kappa shape index (κ1) is 21.0. The Morgan fingerprint density at radius 1 is 1.16 bits per heavy atom. The Balaban J connectivity index is 1.46. The van der Waals surface area contributed by atoms with E-state index in [-0.39, 0.29) is 17.6 Å². The van der Waals surface area contributed by atoms with Gasteiger partial charge in [-0.15, -0.1) is 0 Å². The fraction of sp³-hybridized carbons (Fsp3) is 0.217. The highest BCUT2D eigenvalue weighted by molar-refractivity contribution is 9.10. The molecule has 1 aliphatic rings. The van der Waals surface area contributed by atoms with Crippen LogP contribution in [-0.4, -0.2) is 31.1 Å². The molecule has 0 fully saturated rings. The quantitative estimate of drug-likeness (QED) is 0.483. The van der Waals surface area contributed by atoms with Gasteiger partial charge in [0.05, 0.1) is 12.3 Å². The number of hydrogen-bond acceptors (Lipinski definition) is 5. The molecule has 160 valence electrons. The molecule has 8 heteroatoms. The summed E-state index contributed by atoms with van der Waals surface area (Å²) in [5.41, 5.74) is 1.15. The minimum absolute atomic E-state index is 0.134. The third-order valence-electron chi connectivity index (χ3n) is 4.76. The maximum Gasteiger partial charge on any atom is 0.291 e. The molecular weight excluding hydrogens is 464 g/mol. The highest BCUT2D eigenvalue weighted by Crippen LogP contribution is 2.36. The Bertz CT molecular complexity index is 1080. The van der Waals surface area contributed by atoms with Crippen molar-refractivity contribution in [3.05, 3.63) is 71.1 Å². The number of rotatable bonds is 7. The van der Waals surface area contributed by atoms with E-state index in [9.17, 15) is 9.59 Å². The van der Waals surface area contributed by atoms with Crippen molar-refractivity contribution < 1.29 is 23.5 Å². The topological polar surface area (TPSA) is 81.0 Å². The molecule has 0 radical (unpaired) electrons.